The third kappa shape index (κ3) is 4.45. The number of likely N-dealkylation sites (tertiary alicyclic amines) is 1. The highest BCUT2D eigenvalue weighted by atomic mass is 16.5. The number of methoxy groups -OCH3 is 3. The van der Waals surface area contributed by atoms with Gasteiger partial charge in [-0.2, -0.15) is 0 Å². The summed E-state index contributed by atoms with van der Waals surface area (Å²) in [6.45, 7) is 1.93. The monoisotopic (exact) mass is 370 g/mol. The van der Waals surface area contributed by atoms with Gasteiger partial charge in [-0.05, 0) is 41.8 Å². The number of ether oxygens (including phenoxy) is 3. The van der Waals surface area contributed by atoms with Gasteiger partial charge < -0.3 is 24.4 Å². The van der Waals surface area contributed by atoms with Crippen LogP contribution in [0.1, 0.15) is 23.5 Å². The Labute approximate surface area is 160 Å². The average Bonchev–Trinajstić information content (AvgIpc) is 3.22. The van der Waals surface area contributed by atoms with Gasteiger partial charge in [0.1, 0.15) is 5.75 Å². The quantitative estimate of drug-likeness (QED) is 0.847. The fraction of sp³-hybridized carbons (Fsp3) is 0.381. The second-order valence-corrected chi connectivity index (χ2v) is 6.55. The van der Waals surface area contributed by atoms with Crippen LogP contribution >= 0.6 is 0 Å². The van der Waals surface area contributed by atoms with Crippen molar-refractivity contribution in [2.75, 3.05) is 34.4 Å². The molecule has 0 radical (unpaired) electrons. The highest BCUT2D eigenvalue weighted by Crippen LogP contribution is 2.29. The lowest BCUT2D eigenvalue weighted by molar-refractivity contribution is 0.208. The van der Waals surface area contributed by atoms with E-state index >= 15 is 0 Å². The number of rotatable bonds is 6. The van der Waals surface area contributed by atoms with E-state index in [0.29, 0.717) is 24.0 Å². The zero-order valence-electron chi connectivity index (χ0n) is 16.0. The highest BCUT2D eigenvalue weighted by molar-refractivity contribution is 5.74. The molecule has 2 aromatic rings. The van der Waals surface area contributed by atoms with Gasteiger partial charge in [0, 0.05) is 25.6 Å². The molecule has 6 heteroatoms. The summed E-state index contributed by atoms with van der Waals surface area (Å²) in [7, 11) is 4.87. The molecular weight excluding hydrogens is 344 g/mol. The molecule has 1 saturated heterocycles. The molecule has 0 spiro atoms. The Morgan fingerprint density at radius 3 is 2.44 bits per heavy atom. The third-order valence-electron chi connectivity index (χ3n) is 4.95. The van der Waals surface area contributed by atoms with Crippen molar-refractivity contribution >= 4 is 6.03 Å². The van der Waals surface area contributed by atoms with Gasteiger partial charge in [0.2, 0.25) is 0 Å². The minimum atomic E-state index is -0.0409. The first-order valence-corrected chi connectivity index (χ1v) is 9.02. The maximum absolute atomic E-state index is 12.5. The minimum absolute atomic E-state index is 0.0409. The molecule has 1 aliphatic heterocycles. The summed E-state index contributed by atoms with van der Waals surface area (Å²) >= 11 is 0. The molecule has 1 aliphatic rings. The van der Waals surface area contributed by atoms with Crippen molar-refractivity contribution in [1.82, 2.24) is 10.2 Å². The summed E-state index contributed by atoms with van der Waals surface area (Å²) in [6, 6.07) is 13.7. The molecule has 0 aromatic heterocycles. The van der Waals surface area contributed by atoms with Crippen molar-refractivity contribution < 1.29 is 19.0 Å². The van der Waals surface area contributed by atoms with Gasteiger partial charge >= 0.3 is 6.03 Å². The molecule has 0 saturated carbocycles. The number of carbonyl (C=O) groups is 1. The number of carbonyl (C=O) groups excluding carboxylic acids is 1. The van der Waals surface area contributed by atoms with E-state index in [4.69, 9.17) is 14.2 Å². The number of nitrogens with one attached hydrogen (secondary N) is 1. The summed E-state index contributed by atoms with van der Waals surface area (Å²) in [4.78, 5) is 14.4. The van der Waals surface area contributed by atoms with Crippen LogP contribution in [0.3, 0.4) is 0 Å². The van der Waals surface area contributed by atoms with Crippen LogP contribution < -0.4 is 19.5 Å². The number of hydrogen-bond acceptors (Lipinski definition) is 4. The molecule has 3 rings (SSSR count). The third-order valence-corrected chi connectivity index (χ3v) is 4.95. The summed E-state index contributed by atoms with van der Waals surface area (Å²) in [6.07, 6.45) is 0.968. The van der Waals surface area contributed by atoms with Crippen molar-refractivity contribution in [3.63, 3.8) is 0 Å². The second-order valence-electron chi connectivity index (χ2n) is 6.55. The molecule has 1 atom stereocenters. The Bertz CT molecular complexity index is 776. The number of urea groups is 1. The van der Waals surface area contributed by atoms with E-state index in [1.165, 1.54) is 5.56 Å². The van der Waals surface area contributed by atoms with Crippen molar-refractivity contribution in [3.05, 3.63) is 53.6 Å². The van der Waals surface area contributed by atoms with Gasteiger partial charge in [0.25, 0.3) is 0 Å². The van der Waals surface area contributed by atoms with E-state index < -0.39 is 0 Å². The summed E-state index contributed by atoms with van der Waals surface area (Å²) in [5.74, 6) is 2.54. The average molecular weight is 370 g/mol. The topological polar surface area (TPSA) is 60.0 Å². The molecule has 2 amide bonds. The normalized spacial score (nSPS) is 16.1. The molecule has 0 bridgehead atoms. The molecule has 6 nitrogen and oxygen atoms in total. The van der Waals surface area contributed by atoms with Crippen LogP contribution in [0.4, 0.5) is 4.79 Å². The van der Waals surface area contributed by atoms with Crippen molar-refractivity contribution in [2.24, 2.45) is 0 Å². The van der Waals surface area contributed by atoms with Gasteiger partial charge in [-0.3, -0.25) is 0 Å². The molecule has 1 N–H and O–H groups in total. The lowest BCUT2D eigenvalue weighted by Crippen LogP contribution is -2.37. The number of amides is 2. The molecule has 27 heavy (non-hydrogen) atoms. The van der Waals surface area contributed by atoms with Crippen LogP contribution in [0.5, 0.6) is 17.2 Å². The van der Waals surface area contributed by atoms with Crippen LogP contribution in [-0.4, -0.2) is 45.3 Å². The van der Waals surface area contributed by atoms with E-state index in [-0.39, 0.29) is 6.03 Å². The van der Waals surface area contributed by atoms with Crippen molar-refractivity contribution in [1.29, 1.82) is 0 Å². The van der Waals surface area contributed by atoms with Crippen molar-refractivity contribution in [3.8, 4) is 17.2 Å². The first kappa shape index (κ1) is 18.9. The predicted octanol–water partition coefficient (Wildman–Crippen LogP) is 3.41. The Kier molecular flexibility index (Phi) is 6.06. The fourth-order valence-corrected chi connectivity index (χ4v) is 3.37. The van der Waals surface area contributed by atoms with Crippen LogP contribution in [0.2, 0.25) is 0 Å². The molecule has 0 aliphatic carbocycles. The maximum atomic E-state index is 12.5. The SMILES string of the molecule is COc1ccc(C2CCN(C(=O)NCc3ccc(OC)c(OC)c3)C2)cc1. The van der Waals surface area contributed by atoms with Crippen LogP contribution in [0.25, 0.3) is 0 Å². The Morgan fingerprint density at radius 1 is 1.04 bits per heavy atom. The van der Waals surface area contributed by atoms with E-state index in [9.17, 15) is 4.79 Å². The molecule has 1 fully saturated rings. The van der Waals surface area contributed by atoms with Crippen LogP contribution in [-0.2, 0) is 6.54 Å². The minimum Gasteiger partial charge on any atom is -0.497 e. The second kappa shape index (κ2) is 8.66. The van der Waals surface area contributed by atoms with E-state index in [0.717, 1.165) is 30.8 Å². The molecule has 1 heterocycles. The lowest BCUT2D eigenvalue weighted by atomic mass is 9.98. The number of hydrogen-bond donors (Lipinski definition) is 1. The summed E-state index contributed by atoms with van der Waals surface area (Å²) in [5, 5.41) is 2.99. The Hall–Kier alpha value is -2.89. The van der Waals surface area contributed by atoms with Crippen LogP contribution in [0, 0.1) is 0 Å². The summed E-state index contributed by atoms with van der Waals surface area (Å²) in [5.41, 5.74) is 2.21. The Balaban J connectivity index is 1.54. The molecule has 1 unspecified atom stereocenters. The van der Waals surface area contributed by atoms with Gasteiger partial charge in [-0.15, -0.1) is 0 Å². The molecule has 144 valence electrons. The predicted molar refractivity (Wildman–Crippen MR) is 104 cm³/mol. The smallest absolute Gasteiger partial charge is 0.317 e. The van der Waals surface area contributed by atoms with Gasteiger partial charge in [0.15, 0.2) is 11.5 Å². The van der Waals surface area contributed by atoms with Gasteiger partial charge in [-0.1, -0.05) is 18.2 Å². The first-order valence-electron chi connectivity index (χ1n) is 9.02. The van der Waals surface area contributed by atoms with Crippen LogP contribution in [0.15, 0.2) is 42.5 Å². The van der Waals surface area contributed by atoms with Gasteiger partial charge in [-0.25, -0.2) is 4.79 Å². The van der Waals surface area contributed by atoms with Crippen molar-refractivity contribution in [2.45, 2.75) is 18.9 Å². The van der Waals surface area contributed by atoms with Gasteiger partial charge in [0.05, 0.1) is 21.3 Å². The zero-order chi connectivity index (χ0) is 19.2. The fourth-order valence-electron chi connectivity index (χ4n) is 3.37. The van der Waals surface area contributed by atoms with E-state index in [2.05, 4.69) is 17.4 Å². The van der Waals surface area contributed by atoms with E-state index in [1.807, 2.05) is 35.2 Å². The largest absolute Gasteiger partial charge is 0.497 e. The summed E-state index contributed by atoms with van der Waals surface area (Å²) < 4.78 is 15.7. The zero-order valence-corrected chi connectivity index (χ0v) is 16.0. The lowest BCUT2D eigenvalue weighted by Gasteiger charge is -2.18. The van der Waals surface area contributed by atoms with E-state index in [1.54, 1.807) is 21.3 Å². The maximum Gasteiger partial charge on any atom is 0.317 e. The molecular formula is C21H26N2O4. The standard InChI is InChI=1S/C21H26N2O4/c1-25-18-7-5-16(6-8-18)17-10-11-23(14-17)21(24)22-13-15-4-9-19(26-2)20(12-15)27-3/h4-9,12,17H,10-11,13-14H2,1-3H3,(H,22,24). The first-order chi connectivity index (χ1) is 13.1. The highest BCUT2D eigenvalue weighted by Gasteiger charge is 2.27. The Morgan fingerprint density at radius 2 is 1.78 bits per heavy atom. The molecule has 2 aromatic carbocycles. The number of benzene rings is 2. The number of nitrogens with zero attached hydrogens (tertiary/aromatic N) is 1.